The average molecular weight is 263 g/mol. The molecule has 0 spiro atoms. The summed E-state index contributed by atoms with van der Waals surface area (Å²) in [5.41, 5.74) is 7.31. The van der Waals surface area contributed by atoms with Gasteiger partial charge < -0.3 is 10.6 Å². The van der Waals surface area contributed by atoms with Crippen molar-refractivity contribution in [3.05, 3.63) is 23.4 Å². The highest BCUT2D eigenvalue weighted by Gasteiger charge is 2.16. The molecule has 1 aromatic heterocycles. The van der Waals surface area contributed by atoms with Crippen LogP contribution in [0.1, 0.15) is 62.5 Å². The van der Waals surface area contributed by atoms with Gasteiger partial charge >= 0.3 is 0 Å². The van der Waals surface area contributed by atoms with Gasteiger partial charge in [0.25, 0.3) is 5.91 Å². The lowest BCUT2D eigenvalue weighted by molar-refractivity contribution is 0.0762. The molecule has 0 saturated carbocycles. The molecule has 2 N–H and O–H groups in total. The van der Waals surface area contributed by atoms with Crippen LogP contribution in [0.4, 0.5) is 5.82 Å². The Morgan fingerprint density at radius 2 is 2.05 bits per heavy atom. The number of hydrogen-bond acceptors (Lipinski definition) is 3. The lowest BCUT2D eigenvalue weighted by Crippen LogP contribution is -2.32. The van der Waals surface area contributed by atoms with Gasteiger partial charge in [-0.2, -0.15) is 0 Å². The highest BCUT2D eigenvalue weighted by Crippen LogP contribution is 2.17. The number of aromatic nitrogens is 1. The molecule has 0 unspecified atom stereocenters. The Morgan fingerprint density at radius 1 is 1.37 bits per heavy atom. The zero-order valence-electron chi connectivity index (χ0n) is 12.4. The number of nitrogens with two attached hydrogens (primary N) is 1. The number of anilines is 1. The number of pyridine rings is 1. The van der Waals surface area contributed by atoms with Gasteiger partial charge in [0, 0.05) is 24.3 Å². The number of amides is 1. The van der Waals surface area contributed by atoms with Crippen LogP contribution in [-0.2, 0) is 0 Å². The van der Waals surface area contributed by atoms with E-state index in [1.54, 1.807) is 6.07 Å². The maximum Gasteiger partial charge on any atom is 0.254 e. The van der Waals surface area contributed by atoms with Crippen molar-refractivity contribution in [3.8, 4) is 0 Å². The fraction of sp³-hybridized carbons (Fsp3) is 0.600. The third-order valence-corrected chi connectivity index (χ3v) is 3.15. The molecule has 106 valence electrons. The van der Waals surface area contributed by atoms with Gasteiger partial charge in [-0.05, 0) is 31.4 Å². The smallest absolute Gasteiger partial charge is 0.254 e. The quantitative estimate of drug-likeness (QED) is 0.858. The maximum absolute atomic E-state index is 12.5. The molecule has 1 amide bonds. The van der Waals surface area contributed by atoms with Gasteiger partial charge in [0.05, 0.1) is 0 Å². The molecular weight excluding hydrogens is 238 g/mol. The average Bonchev–Trinajstić information content (AvgIpc) is 2.38. The molecule has 4 heteroatoms. The van der Waals surface area contributed by atoms with Crippen molar-refractivity contribution in [1.82, 2.24) is 9.88 Å². The summed E-state index contributed by atoms with van der Waals surface area (Å²) in [7, 11) is 0. The van der Waals surface area contributed by atoms with Crippen LogP contribution in [0.3, 0.4) is 0 Å². The number of nitrogen functional groups attached to an aromatic ring is 1. The van der Waals surface area contributed by atoms with Crippen LogP contribution in [0.25, 0.3) is 0 Å². The number of hydrogen-bond donors (Lipinski definition) is 1. The second kappa shape index (κ2) is 7.12. The zero-order valence-corrected chi connectivity index (χ0v) is 12.4. The number of carbonyl (C=O) groups is 1. The molecule has 1 heterocycles. The van der Waals surface area contributed by atoms with E-state index in [0.29, 0.717) is 11.4 Å². The van der Waals surface area contributed by atoms with E-state index in [1.165, 1.54) is 0 Å². The van der Waals surface area contributed by atoms with E-state index < -0.39 is 0 Å². The van der Waals surface area contributed by atoms with E-state index >= 15 is 0 Å². The fourth-order valence-electron chi connectivity index (χ4n) is 1.93. The summed E-state index contributed by atoms with van der Waals surface area (Å²) < 4.78 is 0. The van der Waals surface area contributed by atoms with E-state index in [2.05, 4.69) is 11.9 Å². The first-order chi connectivity index (χ1) is 8.99. The maximum atomic E-state index is 12.5. The minimum absolute atomic E-state index is 0.0481. The van der Waals surface area contributed by atoms with Crippen LogP contribution < -0.4 is 5.73 Å². The molecule has 0 aliphatic rings. The van der Waals surface area contributed by atoms with Crippen molar-refractivity contribution in [2.45, 2.75) is 46.5 Å². The standard InChI is InChI=1S/C15H25N3O/c1-5-7-8-18(6-2)15(19)12-9-13(11(3)4)17-14(16)10-12/h9-11H,5-8H2,1-4H3,(H2,16,17). The normalized spacial score (nSPS) is 10.8. The molecule has 1 aromatic rings. The van der Waals surface area contributed by atoms with Crippen molar-refractivity contribution in [2.75, 3.05) is 18.8 Å². The fourth-order valence-corrected chi connectivity index (χ4v) is 1.93. The van der Waals surface area contributed by atoms with Crippen LogP contribution in [0.15, 0.2) is 12.1 Å². The molecule has 0 aliphatic carbocycles. The van der Waals surface area contributed by atoms with Crippen LogP contribution in [0.5, 0.6) is 0 Å². The van der Waals surface area contributed by atoms with Crippen molar-refractivity contribution < 1.29 is 4.79 Å². The lowest BCUT2D eigenvalue weighted by atomic mass is 10.1. The second-order valence-electron chi connectivity index (χ2n) is 5.10. The Balaban J connectivity index is 2.97. The van der Waals surface area contributed by atoms with E-state index in [9.17, 15) is 4.79 Å². The predicted molar refractivity (Wildman–Crippen MR) is 79.2 cm³/mol. The highest BCUT2D eigenvalue weighted by atomic mass is 16.2. The molecule has 0 bridgehead atoms. The third-order valence-electron chi connectivity index (χ3n) is 3.15. The lowest BCUT2D eigenvalue weighted by Gasteiger charge is -2.21. The molecule has 4 nitrogen and oxygen atoms in total. The summed E-state index contributed by atoms with van der Waals surface area (Å²) in [6.07, 6.45) is 2.11. The van der Waals surface area contributed by atoms with Crippen molar-refractivity contribution in [2.24, 2.45) is 0 Å². The van der Waals surface area contributed by atoms with Crippen molar-refractivity contribution in [3.63, 3.8) is 0 Å². The van der Waals surface area contributed by atoms with Gasteiger partial charge in [0.2, 0.25) is 0 Å². The highest BCUT2D eigenvalue weighted by molar-refractivity contribution is 5.95. The predicted octanol–water partition coefficient (Wildman–Crippen LogP) is 3.05. The first-order valence-corrected chi connectivity index (χ1v) is 7.06. The molecular formula is C15H25N3O. The van der Waals surface area contributed by atoms with Crippen LogP contribution in [0.2, 0.25) is 0 Å². The van der Waals surface area contributed by atoms with Crippen LogP contribution in [0, 0.1) is 0 Å². The molecule has 0 radical (unpaired) electrons. The van der Waals surface area contributed by atoms with E-state index in [-0.39, 0.29) is 11.8 Å². The van der Waals surface area contributed by atoms with Gasteiger partial charge in [-0.1, -0.05) is 27.2 Å². The first-order valence-electron chi connectivity index (χ1n) is 7.06. The van der Waals surface area contributed by atoms with Crippen molar-refractivity contribution >= 4 is 11.7 Å². The molecule has 1 rings (SSSR count). The largest absolute Gasteiger partial charge is 0.384 e. The number of nitrogens with zero attached hydrogens (tertiary/aromatic N) is 2. The second-order valence-corrected chi connectivity index (χ2v) is 5.10. The van der Waals surface area contributed by atoms with E-state index in [4.69, 9.17) is 5.73 Å². The summed E-state index contributed by atoms with van der Waals surface area (Å²) in [4.78, 5) is 18.6. The minimum atomic E-state index is 0.0481. The van der Waals surface area contributed by atoms with Crippen LogP contribution in [-0.4, -0.2) is 28.9 Å². The number of carbonyl (C=O) groups excluding carboxylic acids is 1. The number of unbranched alkanes of at least 4 members (excludes halogenated alkanes) is 1. The topological polar surface area (TPSA) is 59.2 Å². The van der Waals surface area contributed by atoms with Gasteiger partial charge in [0.15, 0.2) is 0 Å². The Labute approximate surface area is 116 Å². The van der Waals surface area contributed by atoms with E-state index in [0.717, 1.165) is 31.6 Å². The Hall–Kier alpha value is -1.58. The molecule has 0 aromatic carbocycles. The Morgan fingerprint density at radius 3 is 2.58 bits per heavy atom. The third kappa shape index (κ3) is 4.23. The molecule has 0 aliphatic heterocycles. The Kier molecular flexibility index (Phi) is 5.80. The summed E-state index contributed by atoms with van der Waals surface area (Å²) in [5, 5.41) is 0. The summed E-state index contributed by atoms with van der Waals surface area (Å²) >= 11 is 0. The summed E-state index contributed by atoms with van der Waals surface area (Å²) in [5.74, 6) is 0.730. The molecule has 0 atom stereocenters. The minimum Gasteiger partial charge on any atom is -0.384 e. The summed E-state index contributed by atoms with van der Waals surface area (Å²) in [6, 6.07) is 3.53. The van der Waals surface area contributed by atoms with E-state index in [1.807, 2.05) is 31.7 Å². The molecule has 0 fully saturated rings. The Bertz CT molecular complexity index is 429. The van der Waals surface area contributed by atoms with Crippen LogP contribution >= 0.6 is 0 Å². The summed E-state index contributed by atoms with van der Waals surface area (Å²) in [6.45, 7) is 9.74. The first kappa shape index (κ1) is 15.5. The SMILES string of the molecule is CCCCN(CC)C(=O)c1cc(N)nc(C(C)C)c1. The number of rotatable bonds is 6. The zero-order chi connectivity index (χ0) is 14.4. The molecule has 19 heavy (non-hydrogen) atoms. The van der Waals surface area contributed by atoms with Gasteiger partial charge in [-0.25, -0.2) is 4.98 Å². The van der Waals surface area contributed by atoms with Crippen molar-refractivity contribution in [1.29, 1.82) is 0 Å². The molecule has 0 saturated heterocycles. The van der Waals surface area contributed by atoms with Gasteiger partial charge in [0.1, 0.15) is 5.82 Å². The van der Waals surface area contributed by atoms with Gasteiger partial charge in [-0.15, -0.1) is 0 Å². The monoisotopic (exact) mass is 263 g/mol. The van der Waals surface area contributed by atoms with Gasteiger partial charge in [-0.3, -0.25) is 4.79 Å².